The number of carbonyl (C=O) groups excluding carboxylic acids is 4. The monoisotopic (exact) mass is 587 g/mol. The van der Waals surface area contributed by atoms with Crippen LogP contribution in [0.3, 0.4) is 0 Å². The molecule has 41 heavy (non-hydrogen) atoms. The molecule has 1 aliphatic carbocycles. The predicted octanol–water partition coefficient (Wildman–Crippen LogP) is 3.98. The van der Waals surface area contributed by atoms with E-state index < -0.39 is 11.1 Å². The molecule has 0 aromatic heterocycles. The normalized spacial score (nSPS) is 16.9. The maximum atomic E-state index is 13.3. The Bertz CT molecular complexity index is 752. The van der Waals surface area contributed by atoms with E-state index in [-0.39, 0.29) is 107 Å². The molecule has 0 spiro atoms. The Morgan fingerprint density at radius 3 is 1.66 bits per heavy atom. The largest absolute Gasteiger partial charge is 0.393 e. The molecule has 0 radical (unpaired) electrons. The number of amides is 1. The third-order valence-electron chi connectivity index (χ3n) is 6.66. The average Bonchev–Trinajstić information content (AvgIpc) is 2.90. The molecule has 1 aliphatic rings. The van der Waals surface area contributed by atoms with Crippen LogP contribution in [-0.2, 0) is 38.1 Å². The van der Waals surface area contributed by atoms with Gasteiger partial charge in [-0.05, 0) is 26.7 Å². The predicted molar refractivity (Wildman–Crippen MR) is 158 cm³/mol. The van der Waals surface area contributed by atoms with E-state index in [4.69, 9.17) is 18.9 Å². The number of ether oxygens (including phenoxy) is 4. The summed E-state index contributed by atoms with van der Waals surface area (Å²) in [6.07, 6.45) is 2.28. The van der Waals surface area contributed by atoms with E-state index in [0.29, 0.717) is 25.7 Å². The minimum absolute atomic E-state index is 0.0175. The molecular weight excluding hydrogens is 530 g/mol. The van der Waals surface area contributed by atoms with Gasteiger partial charge < -0.3 is 29.4 Å². The van der Waals surface area contributed by atoms with Crippen molar-refractivity contribution in [1.29, 1.82) is 0 Å². The summed E-state index contributed by atoms with van der Waals surface area (Å²) < 4.78 is 23.6. The van der Waals surface area contributed by atoms with Crippen LogP contribution in [0.25, 0.3) is 0 Å². The van der Waals surface area contributed by atoms with Crippen molar-refractivity contribution in [3.63, 3.8) is 0 Å². The van der Waals surface area contributed by atoms with Gasteiger partial charge in [0.05, 0.1) is 63.9 Å². The Kier molecular flexibility index (Phi) is 20.2. The van der Waals surface area contributed by atoms with E-state index in [2.05, 4.69) is 5.32 Å². The van der Waals surface area contributed by atoms with E-state index in [9.17, 15) is 24.3 Å². The zero-order valence-electron chi connectivity index (χ0n) is 26.8. The van der Waals surface area contributed by atoms with Gasteiger partial charge in [0, 0.05) is 38.0 Å². The van der Waals surface area contributed by atoms with Crippen LogP contribution in [0.4, 0.5) is 0 Å². The molecule has 0 heterocycles. The molecule has 2 N–H and O–H groups in total. The Balaban J connectivity index is 0.00000781. The number of carbonyl (C=O) groups is 4. The van der Waals surface area contributed by atoms with Crippen molar-refractivity contribution in [2.24, 2.45) is 5.92 Å². The number of nitrogens with one attached hydrogen (secondary N) is 1. The van der Waals surface area contributed by atoms with Crippen LogP contribution in [0.1, 0.15) is 107 Å². The van der Waals surface area contributed by atoms with Crippen LogP contribution in [0.5, 0.6) is 0 Å². The summed E-state index contributed by atoms with van der Waals surface area (Å²) in [5, 5.41) is 12.6. The number of ketones is 3. The van der Waals surface area contributed by atoms with Crippen molar-refractivity contribution in [2.45, 2.75) is 130 Å². The summed E-state index contributed by atoms with van der Waals surface area (Å²) in [6.45, 7) is 15.5. The summed E-state index contributed by atoms with van der Waals surface area (Å²) in [5.74, 6) is -0.183. The second kappa shape index (κ2) is 21.0. The molecule has 0 saturated heterocycles. The van der Waals surface area contributed by atoms with Crippen molar-refractivity contribution in [1.82, 2.24) is 5.32 Å². The molecule has 0 bridgehead atoms. The molecular formula is C31H57NO9. The quantitative estimate of drug-likeness (QED) is 0.170. The van der Waals surface area contributed by atoms with Crippen molar-refractivity contribution < 1.29 is 43.2 Å². The molecule has 1 rings (SSSR count). The number of hydrogen-bond donors (Lipinski definition) is 2. The highest BCUT2D eigenvalue weighted by molar-refractivity contribution is 5.80. The van der Waals surface area contributed by atoms with Gasteiger partial charge in [0.25, 0.3) is 0 Å². The summed E-state index contributed by atoms with van der Waals surface area (Å²) in [6, 6.07) is 0. The number of aliphatic hydroxyl groups excluding tert-OH is 1. The van der Waals surface area contributed by atoms with Gasteiger partial charge >= 0.3 is 0 Å². The van der Waals surface area contributed by atoms with E-state index in [1.807, 2.05) is 41.5 Å². The van der Waals surface area contributed by atoms with Gasteiger partial charge in [-0.15, -0.1) is 0 Å². The molecule has 0 aromatic carbocycles. The number of rotatable bonds is 23. The zero-order valence-corrected chi connectivity index (χ0v) is 26.8. The molecule has 1 fully saturated rings. The molecule has 240 valence electrons. The lowest BCUT2D eigenvalue weighted by Crippen LogP contribution is -2.59. The van der Waals surface area contributed by atoms with Gasteiger partial charge in [0.2, 0.25) is 5.91 Å². The second-order valence-electron chi connectivity index (χ2n) is 11.4. The fourth-order valence-corrected chi connectivity index (χ4v) is 4.08. The first-order chi connectivity index (χ1) is 19.3. The van der Waals surface area contributed by atoms with E-state index in [1.54, 1.807) is 13.8 Å². The molecule has 0 atom stereocenters. The van der Waals surface area contributed by atoms with Gasteiger partial charge in [-0.3, -0.25) is 19.2 Å². The molecule has 0 aromatic rings. The standard InChI is InChI=1S/C29H51NO9.C2H6/c1-7-22(31)9-12-36-18-29(19-37-13-10-23(32)8-2,20-38-14-11-26(34)21(3)4)30-27(35)17-28(5,6)39-25-15-24(33)16-25;1-2/h21,24-25,33H,7-20H2,1-6H3,(H,30,35);1-2H3. The zero-order chi connectivity index (χ0) is 31.5. The third kappa shape index (κ3) is 17.7. The number of hydrogen-bond acceptors (Lipinski definition) is 9. The van der Waals surface area contributed by atoms with E-state index >= 15 is 0 Å². The molecule has 0 aliphatic heterocycles. The van der Waals surface area contributed by atoms with Crippen molar-refractivity contribution >= 4 is 23.3 Å². The van der Waals surface area contributed by atoms with Crippen LogP contribution in [0.2, 0.25) is 0 Å². The lowest BCUT2D eigenvalue weighted by molar-refractivity contribution is -0.154. The first-order valence-electron chi connectivity index (χ1n) is 15.3. The minimum Gasteiger partial charge on any atom is -0.393 e. The van der Waals surface area contributed by atoms with Gasteiger partial charge in [0.1, 0.15) is 22.9 Å². The summed E-state index contributed by atoms with van der Waals surface area (Å²) in [5.41, 5.74) is -1.88. The highest BCUT2D eigenvalue weighted by Crippen LogP contribution is 2.29. The third-order valence-corrected chi connectivity index (χ3v) is 6.66. The fraction of sp³-hybridized carbons (Fsp3) is 0.871. The number of aliphatic hydroxyl groups is 1. The van der Waals surface area contributed by atoms with Gasteiger partial charge in [0.15, 0.2) is 0 Å². The van der Waals surface area contributed by atoms with Crippen LogP contribution in [0.15, 0.2) is 0 Å². The Morgan fingerprint density at radius 2 is 1.27 bits per heavy atom. The number of Topliss-reactive ketones (excluding diaryl/α,β-unsaturated/α-hetero) is 3. The average molecular weight is 588 g/mol. The molecule has 1 amide bonds. The molecule has 0 unspecified atom stereocenters. The lowest BCUT2D eigenvalue weighted by atomic mass is 9.91. The fourth-order valence-electron chi connectivity index (χ4n) is 4.08. The van der Waals surface area contributed by atoms with Crippen LogP contribution in [-0.4, -0.2) is 91.4 Å². The smallest absolute Gasteiger partial charge is 0.223 e. The van der Waals surface area contributed by atoms with Crippen molar-refractivity contribution in [3.8, 4) is 0 Å². The maximum Gasteiger partial charge on any atom is 0.223 e. The van der Waals surface area contributed by atoms with Crippen LogP contribution >= 0.6 is 0 Å². The van der Waals surface area contributed by atoms with Gasteiger partial charge in [-0.1, -0.05) is 41.5 Å². The summed E-state index contributed by atoms with van der Waals surface area (Å²) >= 11 is 0. The summed E-state index contributed by atoms with van der Waals surface area (Å²) in [4.78, 5) is 48.8. The van der Waals surface area contributed by atoms with E-state index in [1.165, 1.54) is 0 Å². The summed E-state index contributed by atoms with van der Waals surface area (Å²) in [7, 11) is 0. The molecule has 10 heteroatoms. The van der Waals surface area contributed by atoms with Crippen LogP contribution in [0, 0.1) is 5.92 Å². The SMILES string of the molecule is CC.CCC(=O)CCOCC(COCCC(=O)CC)(COCCC(=O)C(C)C)NC(=O)CC(C)(C)OC1CC(O)C1. The highest BCUT2D eigenvalue weighted by atomic mass is 16.5. The van der Waals surface area contributed by atoms with Crippen molar-refractivity contribution in [3.05, 3.63) is 0 Å². The van der Waals surface area contributed by atoms with Gasteiger partial charge in [-0.2, -0.15) is 0 Å². The van der Waals surface area contributed by atoms with Gasteiger partial charge in [-0.25, -0.2) is 0 Å². The first-order valence-corrected chi connectivity index (χ1v) is 15.3. The van der Waals surface area contributed by atoms with Crippen molar-refractivity contribution in [2.75, 3.05) is 39.6 Å². The second-order valence-corrected chi connectivity index (χ2v) is 11.4. The van der Waals surface area contributed by atoms with Crippen LogP contribution < -0.4 is 5.32 Å². The lowest BCUT2D eigenvalue weighted by Gasteiger charge is -2.39. The molecule has 10 nitrogen and oxygen atoms in total. The highest BCUT2D eigenvalue weighted by Gasteiger charge is 2.38. The minimum atomic E-state index is -1.11. The first kappa shape index (κ1) is 39.3. The Morgan fingerprint density at radius 1 is 0.829 bits per heavy atom. The Hall–Kier alpha value is -1.72. The maximum absolute atomic E-state index is 13.3. The topological polar surface area (TPSA) is 137 Å². The van der Waals surface area contributed by atoms with E-state index in [0.717, 1.165) is 0 Å². The molecule has 1 saturated carbocycles. The Labute approximate surface area is 247 Å².